The van der Waals surface area contributed by atoms with Crippen molar-refractivity contribution in [3.8, 4) is 0 Å². The molecule has 0 atom stereocenters. The average molecular weight is 184 g/mol. The Kier molecular flexibility index (Phi) is 10.8. The third kappa shape index (κ3) is 328. The molecule has 0 aromatic rings. The van der Waals surface area contributed by atoms with E-state index in [0.717, 1.165) is 0 Å². The fraction of sp³-hybridized carbons (Fsp3) is 0. The Morgan fingerprint density at radius 2 is 0.857 bits per heavy atom. The van der Waals surface area contributed by atoms with Gasteiger partial charge in [-0.15, -0.1) is 0 Å². The fourth-order valence-corrected chi connectivity index (χ4v) is 0. The first-order valence-corrected chi connectivity index (χ1v) is 2.68. The minimum absolute atomic E-state index is 0. The van der Waals surface area contributed by atoms with E-state index in [9.17, 15) is 0 Å². The Bertz CT molecular complexity index is 27.2. The molecule has 0 spiro atoms. The Hall–Kier alpha value is 0.665. The van der Waals surface area contributed by atoms with Crippen molar-refractivity contribution in [2.24, 2.45) is 0 Å². The van der Waals surface area contributed by atoms with Crippen LogP contribution in [0.15, 0.2) is 0 Å². The molecule has 0 unspecified atom stereocenters. The van der Waals surface area contributed by atoms with Crippen molar-refractivity contribution in [2.75, 3.05) is 0 Å². The van der Waals surface area contributed by atoms with Gasteiger partial charge in [-0.05, 0) is 0 Å². The minimum atomic E-state index is -4.61. The molecule has 0 rings (SSSR count). The zero-order chi connectivity index (χ0) is 4.50. The summed E-state index contributed by atoms with van der Waals surface area (Å²) < 4.78 is 0. The molecule has 43 valence electrons. The Labute approximate surface area is 54.8 Å². The van der Waals surface area contributed by atoms with E-state index < -0.39 is 9.05 Å². The van der Waals surface area contributed by atoms with Crippen molar-refractivity contribution in [3.05, 3.63) is 0 Å². The Morgan fingerprint density at radius 1 is 0.857 bits per heavy atom. The maximum atomic E-state index is 7.33. The molecule has 4 N–H and O–H groups in total. The van der Waals surface area contributed by atoms with Gasteiger partial charge < -0.3 is 19.2 Å². The van der Waals surface area contributed by atoms with Crippen LogP contribution in [0, 0.1) is 0 Å². The first kappa shape index (κ1) is 15.6. The summed E-state index contributed by atoms with van der Waals surface area (Å²) in [5.41, 5.74) is 0. The Balaban J connectivity index is -0.0000000800. The molecular weight excluding hydrogens is 176 g/mol. The zero-order valence-electron chi connectivity index (χ0n) is 2.87. The van der Waals surface area contributed by atoms with Crippen molar-refractivity contribution in [1.82, 2.24) is 0 Å². The predicted molar refractivity (Wildman–Crippen MR) is 31.7 cm³/mol. The maximum absolute atomic E-state index is 7.33. The second-order valence-corrected chi connectivity index (χ2v) is 1.80. The standard InChI is InChI=1S/B.GeH4.H4O4Si/c;;1-5(2,3)4/h;1H4;1-4H. The molecule has 7 heavy (non-hydrogen) atoms. The molecule has 0 aromatic heterocycles. The topological polar surface area (TPSA) is 80.9 Å². The van der Waals surface area contributed by atoms with E-state index in [4.69, 9.17) is 19.2 Å². The van der Waals surface area contributed by atoms with Crippen molar-refractivity contribution in [3.63, 3.8) is 0 Å². The van der Waals surface area contributed by atoms with Crippen molar-refractivity contribution >= 4 is 35.1 Å². The van der Waals surface area contributed by atoms with E-state index in [1.54, 1.807) is 0 Å². The fourth-order valence-electron chi connectivity index (χ4n) is 0. The van der Waals surface area contributed by atoms with Gasteiger partial charge in [0.25, 0.3) is 0 Å². The molecule has 3 radical (unpaired) electrons. The van der Waals surface area contributed by atoms with E-state index in [1.807, 2.05) is 0 Å². The van der Waals surface area contributed by atoms with Crippen LogP contribution in [0.3, 0.4) is 0 Å². The monoisotopic (exact) mass is 185 g/mol. The predicted octanol–water partition coefficient (Wildman–Crippen LogP) is -4.44. The van der Waals surface area contributed by atoms with Crippen LogP contribution in [0.25, 0.3) is 0 Å². The van der Waals surface area contributed by atoms with Gasteiger partial charge in [0.05, 0.1) is 0 Å². The third-order valence-corrected chi connectivity index (χ3v) is 0. The molecular formula is H8BGeO4Si. The molecule has 0 fully saturated rings. The molecule has 4 nitrogen and oxygen atoms in total. The van der Waals surface area contributed by atoms with Crippen LogP contribution in [0.5, 0.6) is 0 Å². The first-order chi connectivity index (χ1) is 2.00. The summed E-state index contributed by atoms with van der Waals surface area (Å²) in [5.74, 6) is 0. The molecule has 0 aliphatic rings. The van der Waals surface area contributed by atoms with Crippen LogP contribution in [0.2, 0.25) is 0 Å². The summed E-state index contributed by atoms with van der Waals surface area (Å²) >= 11 is 0. The van der Waals surface area contributed by atoms with E-state index in [0.29, 0.717) is 0 Å². The normalized spacial score (nSPS) is 8.57. The van der Waals surface area contributed by atoms with E-state index in [2.05, 4.69) is 0 Å². The van der Waals surface area contributed by atoms with Crippen LogP contribution in [-0.4, -0.2) is 54.2 Å². The van der Waals surface area contributed by atoms with Crippen LogP contribution < -0.4 is 0 Å². The number of hydrogen-bond acceptors (Lipinski definition) is 4. The van der Waals surface area contributed by atoms with E-state index >= 15 is 0 Å². The summed E-state index contributed by atoms with van der Waals surface area (Å²) in [5, 5.41) is 0. The molecule has 7 heteroatoms. The van der Waals surface area contributed by atoms with Gasteiger partial charge in [0.15, 0.2) is 0 Å². The molecule has 0 saturated carbocycles. The summed E-state index contributed by atoms with van der Waals surface area (Å²) in [6.07, 6.45) is 0. The second-order valence-electron chi connectivity index (χ2n) is 0.600. The SMILES string of the molecule is O[Si](O)(O)O.[B].[GeH4]. The van der Waals surface area contributed by atoms with E-state index in [1.165, 1.54) is 0 Å². The van der Waals surface area contributed by atoms with Crippen molar-refractivity contribution in [2.45, 2.75) is 0 Å². The van der Waals surface area contributed by atoms with Crippen LogP contribution in [0.4, 0.5) is 0 Å². The molecule has 0 aliphatic heterocycles. The van der Waals surface area contributed by atoms with Gasteiger partial charge in [-0.2, -0.15) is 0 Å². The average Bonchev–Trinajstić information content (AvgIpc) is 0.722. The summed E-state index contributed by atoms with van der Waals surface area (Å²) in [6.45, 7) is 0. The van der Waals surface area contributed by atoms with E-state index in [-0.39, 0.29) is 26.0 Å². The first-order valence-electron chi connectivity index (χ1n) is 0.894. The summed E-state index contributed by atoms with van der Waals surface area (Å²) in [6, 6.07) is 0. The number of rotatable bonds is 0. The number of hydrogen-bond donors (Lipinski definition) is 4. The Morgan fingerprint density at radius 3 is 0.857 bits per heavy atom. The van der Waals surface area contributed by atoms with Crippen LogP contribution in [0.1, 0.15) is 0 Å². The van der Waals surface area contributed by atoms with Crippen LogP contribution >= 0.6 is 0 Å². The van der Waals surface area contributed by atoms with Gasteiger partial charge in [0.1, 0.15) is 0 Å². The molecule has 0 aromatic carbocycles. The quantitative estimate of drug-likeness (QED) is 0.286. The molecule has 0 amide bonds. The molecule has 0 aliphatic carbocycles. The molecule has 0 heterocycles. The van der Waals surface area contributed by atoms with Gasteiger partial charge in [0, 0.05) is 8.41 Å². The summed E-state index contributed by atoms with van der Waals surface area (Å²) in [7, 11) is -4.61. The van der Waals surface area contributed by atoms with Gasteiger partial charge >= 0.3 is 26.6 Å². The molecule has 0 saturated heterocycles. The van der Waals surface area contributed by atoms with Crippen molar-refractivity contribution in [1.29, 1.82) is 0 Å². The van der Waals surface area contributed by atoms with Gasteiger partial charge in [-0.25, -0.2) is 0 Å². The zero-order valence-corrected chi connectivity index (χ0v) is 3.87. The van der Waals surface area contributed by atoms with Crippen LogP contribution in [-0.2, 0) is 0 Å². The van der Waals surface area contributed by atoms with Gasteiger partial charge in [0.2, 0.25) is 0 Å². The van der Waals surface area contributed by atoms with Gasteiger partial charge in [-0.1, -0.05) is 0 Å². The second kappa shape index (κ2) is 4.81. The van der Waals surface area contributed by atoms with Gasteiger partial charge in [-0.3, -0.25) is 0 Å². The third-order valence-electron chi connectivity index (χ3n) is 0. The summed E-state index contributed by atoms with van der Waals surface area (Å²) in [4.78, 5) is 29.3. The van der Waals surface area contributed by atoms with Crippen molar-refractivity contribution < 1.29 is 19.2 Å². The molecule has 0 bridgehead atoms.